The van der Waals surface area contributed by atoms with Crippen LogP contribution in [0.2, 0.25) is 10.0 Å². The van der Waals surface area contributed by atoms with E-state index in [9.17, 15) is 0 Å². The van der Waals surface area contributed by atoms with Crippen LogP contribution in [0.25, 0.3) is 0 Å². The van der Waals surface area contributed by atoms with Gasteiger partial charge in [0.1, 0.15) is 0 Å². The molecule has 0 heterocycles. The number of hydrogen-bond donors (Lipinski definition) is 2. The number of benzene rings is 1. The lowest BCUT2D eigenvalue weighted by molar-refractivity contribution is 0.438. The standard InChI is InChI=1S/C13H20Cl2N2/c1-4-9(5-2)8(3)17-13-7-11(15)10(14)6-12(13)16/h6-9,17H,4-5,16H2,1-3H3. The highest BCUT2D eigenvalue weighted by atomic mass is 35.5. The highest BCUT2D eigenvalue weighted by Gasteiger charge is 2.15. The molecular formula is C13H20Cl2N2. The summed E-state index contributed by atoms with van der Waals surface area (Å²) >= 11 is 11.9. The molecule has 0 aliphatic rings. The van der Waals surface area contributed by atoms with Gasteiger partial charge >= 0.3 is 0 Å². The predicted molar refractivity (Wildman–Crippen MR) is 78.0 cm³/mol. The number of nitrogen functional groups attached to an aromatic ring is 1. The molecule has 1 rings (SSSR count). The first-order chi connectivity index (χ1) is 7.99. The van der Waals surface area contributed by atoms with E-state index in [1.807, 2.05) is 0 Å². The first kappa shape index (κ1) is 14.5. The molecule has 1 unspecified atom stereocenters. The third kappa shape index (κ3) is 3.68. The molecule has 0 spiro atoms. The van der Waals surface area contributed by atoms with Crippen LogP contribution in [0.5, 0.6) is 0 Å². The van der Waals surface area contributed by atoms with Crippen molar-refractivity contribution >= 4 is 34.6 Å². The van der Waals surface area contributed by atoms with Crippen LogP contribution in [0, 0.1) is 5.92 Å². The Hall–Kier alpha value is -0.600. The van der Waals surface area contributed by atoms with Crippen molar-refractivity contribution in [1.82, 2.24) is 0 Å². The van der Waals surface area contributed by atoms with E-state index in [1.54, 1.807) is 12.1 Å². The van der Waals surface area contributed by atoms with E-state index in [-0.39, 0.29) is 0 Å². The molecule has 0 amide bonds. The van der Waals surface area contributed by atoms with Gasteiger partial charge in [-0.3, -0.25) is 0 Å². The van der Waals surface area contributed by atoms with E-state index < -0.39 is 0 Å². The zero-order valence-electron chi connectivity index (χ0n) is 10.6. The number of nitrogens with two attached hydrogens (primary N) is 1. The summed E-state index contributed by atoms with van der Waals surface area (Å²) < 4.78 is 0. The number of rotatable bonds is 5. The SMILES string of the molecule is CCC(CC)C(C)Nc1cc(Cl)c(Cl)cc1N. The van der Waals surface area contributed by atoms with Gasteiger partial charge in [0.05, 0.1) is 21.4 Å². The lowest BCUT2D eigenvalue weighted by Crippen LogP contribution is -2.25. The Morgan fingerprint density at radius 3 is 2.24 bits per heavy atom. The van der Waals surface area contributed by atoms with E-state index >= 15 is 0 Å². The van der Waals surface area contributed by atoms with Gasteiger partial charge in [-0.2, -0.15) is 0 Å². The maximum Gasteiger partial charge on any atom is 0.0614 e. The maximum absolute atomic E-state index is 5.99. The van der Waals surface area contributed by atoms with Gasteiger partial charge in [-0.15, -0.1) is 0 Å². The smallest absolute Gasteiger partial charge is 0.0614 e. The Labute approximate surface area is 113 Å². The molecule has 17 heavy (non-hydrogen) atoms. The molecule has 0 bridgehead atoms. The summed E-state index contributed by atoms with van der Waals surface area (Å²) in [5.74, 6) is 0.629. The zero-order chi connectivity index (χ0) is 13.0. The van der Waals surface area contributed by atoms with Crippen molar-refractivity contribution in [2.75, 3.05) is 11.1 Å². The summed E-state index contributed by atoms with van der Waals surface area (Å²) in [5, 5.41) is 4.43. The van der Waals surface area contributed by atoms with E-state index in [2.05, 4.69) is 26.1 Å². The van der Waals surface area contributed by atoms with Crippen molar-refractivity contribution < 1.29 is 0 Å². The second-order valence-corrected chi connectivity index (χ2v) is 5.18. The molecule has 3 N–H and O–H groups in total. The average Bonchev–Trinajstić information content (AvgIpc) is 2.27. The van der Waals surface area contributed by atoms with Gasteiger partial charge in [0.15, 0.2) is 0 Å². The zero-order valence-corrected chi connectivity index (χ0v) is 12.1. The predicted octanol–water partition coefficient (Wildman–Crippen LogP) is 4.81. The van der Waals surface area contributed by atoms with Crippen molar-refractivity contribution in [3.8, 4) is 0 Å². The molecule has 0 saturated heterocycles. The Morgan fingerprint density at radius 1 is 1.18 bits per heavy atom. The molecule has 0 aliphatic heterocycles. The lowest BCUT2D eigenvalue weighted by Gasteiger charge is -2.24. The van der Waals surface area contributed by atoms with Crippen molar-refractivity contribution in [2.45, 2.75) is 39.7 Å². The molecule has 0 fully saturated rings. The van der Waals surface area contributed by atoms with Gasteiger partial charge in [0.25, 0.3) is 0 Å². The highest BCUT2D eigenvalue weighted by Crippen LogP contribution is 2.32. The number of anilines is 2. The first-order valence-electron chi connectivity index (χ1n) is 6.00. The van der Waals surface area contributed by atoms with E-state index in [4.69, 9.17) is 28.9 Å². The summed E-state index contributed by atoms with van der Waals surface area (Å²) in [6, 6.07) is 3.84. The van der Waals surface area contributed by atoms with Crippen molar-refractivity contribution in [3.05, 3.63) is 22.2 Å². The Balaban J connectivity index is 2.84. The second kappa shape index (κ2) is 6.36. The van der Waals surface area contributed by atoms with E-state index in [0.29, 0.717) is 27.7 Å². The van der Waals surface area contributed by atoms with E-state index in [1.165, 1.54) is 0 Å². The molecule has 0 radical (unpaired) electrons. The summed E-state index contributed by atoms with van der Waals surface area (Å²) in [5.41, 5.74) is 7.41. The van der Waals surface area contributed by atoms with Gasteiger partial charge in [-0.25, -0.2) is 0 Å². The lowest BCUT2D eigenvalue weighted by atomic mass is 9.95. The number of halogens is 2. The van der Waals surface area contributed by atoms with Crippen LogP contribution in [-0.2, 0) is 0 Å². The first-order valence-corrected chi connectivity index (χ1v) is 6.76. The van der Waals surface area contributed by atoms with Gasteiger partial charge in [-0.05, 0) is 25.0 Å². The van der Waals surface area contributed by atoms with Crippen molar-refractivity contribution in [2.24, 2.45) is 5.92 Å². The van der Waals surface area contributed by atoms with Gasteiger partial charge in [-0.1, -0.05) is 49.9 Å². The molecule has 4 heteroatoms. The van der Waals surface area contributed by atoms with Crippen LogP contribution < -0.4 is 11.1 Å². The fourth-order valence-electron chi connectivity index (χ4n) is 2.05. The van der Waals surface area contributed by atoms with Crippen LogP contribution in [0.15, 0.2) is 12.1 Å². The van der Waals surface area contributed by atoms with E-state index in [0.717, 1.165) is 18.5 Å². The van der Waals surface area contributed by atoms with Gasteiger partial charge in [0, 0.05) is 6.04 Å². The Morgan fingerprint density at radius 2 is 1.71 bits per heavy atom. The van der Waals surface area contributed by atoms with Crippen molar-refractivity contribution in [1.29, 1.82) is 0 Å². The fourth-order valence-corrected chi connectivity index (χ4v) is 2.38. The minimum Gasteiger partial charge on any atom is -0.397 e. The largest absolute Gasteiger partial charge is 0.397 e. The minimum absolute atomic E-state index is 0.365. The third-order valence-corrected chi connectivity index (χ3v) is 3.95. The van der Waals surface area contributed by atoms with Crippen LogP contribution in [0.3, 0.4) is 0 Å². The minimum atomic E-state index is 0.365. The number of hydrogen-bond acceptors (Lipinski definition) is 2. The summed E-state index contributed by atoms with van der Waals surface area (Å²) in [4.78, 5) is 0. The van der Waals surface area contributed by atoms with Gasteiger partial charge < -0.3 is 11.1 Å². The molecule has 0 aromatic heterocycles. The molecule has 0 aliphatic carbocycles. The maximum atomic E-state index is 5.99. The average molecular weight is 275 g/mol. The Kier molecular flexibility index (Phi) is 5.41. The molecular weight excluding hydrogens is 255 g/mol. The molecule has 1 atom stereocenters. The summed E-state index contributed by atoms with van der Waals surface area (Å²) in [6.07, 6.45) is 2.29. The molecule has 96 valence electrons. The van der Waals surface area contributed by atoms with Crippen LogP contribution >= 0.6 is 23.2 Å². The van der Waals surface area contributed by atoms with Crippen LogP contribution in [0.4, 0.5) is 11.4 Å². The summed E-state index contributed by atoms with van der Waals surface area (Å²) in [6.45, 7) is 6.56. The number of nitrogens with one attached hydrogen (secondary N) is 1. The summed E-state index contributed by atoms with van der Waals surface area (Å²) in [7, 11) is 0. The molecule has 2 nitrogen and oxygen atoms in total. The Bertz CT molecular complexity index is 376. The topological polar surface area (TPSA) is 38.0 Å². The monoisotopic (exact) mass is 274 g/mol. The highest BCUT2D eigenvalue weighted by molar-refractivity contribution is 6.42. The van der Waals surface area contributed by atoms with Gasteiger partial charge in [0.2, 0.25) is 0 Å². The molecule has 1 aromatic rings. The quantitative estimate of drug-likeness (QED) is 0.756. The second-order valence-electron chi connectivity index (χ2n) is 4.36. The normalized spacial score (nSPS) is 12.8. The van der Waals surface area contributed by atoms with Crippen molar-refractivity contribution in [3.63, 3.8) is 0 Å². The molecule has 1 aromatic carbocycles. The fraction of sp³-hybridized carbons (Fsp3) is 0.538. The third-order valence-electron chi connectivity index (χ3n) is 3.23. The van der Waals surface area contributed by atoms with Crippen LogP contribution in [0.1, 0.15) is 33.6 Å². The van der Waals surface area contributed by atoms with Crippen LogP contribution in [-0.4, -0.2) is 6.04 Å². The molecule has 0 saturated carbocycles.